The predicted octanol–water partition coefficient (Wildman–Crippen LogP) is 3.48. The summed E-state index contributed by atoms with van der Waals surface area (Å²) in [4.78, 5) is 0. The lowest BCUT2D eigenvalue weighted by Gasteiger charge is -2.07. The first-order valence-corrected chi connectivity index (χ1v) is 6.85. The molecule has 0 unspecified atom stereocenters. The van der Waals surface area contributed by atoms with Gasteiger partial charge in [0.1, 0.15) is 5.82 Å². The normalized spacial score (nSPS) is 10.9. The number of nitrogens with one attached hydrogen (secondary N) is 1. The van der Waals surface area contributed by atoms with Crippen LogP contribution in [0.4, 0.5) is 0 Å². The maximum absolute atomic E-state index is 6.00. The number of aromatic amines is 1. The first-order chi connectivity index (χ1) is 9.11. The molecule has 0 saturated carbocycles. The number of hydrogen-bond acceptors (Lipinski definition) is 3. The molecule has 0 bridgehead atoms. The Morgan fingerprint density at radius 2 is 2.16 bits per heavy atom. The standard InChI is InChI=1S/C12H13Cl2N3OS/c1-18-5-4-17-11(15-16-12(17)19)7-8-2-3-9(13)10(14)6-8/h2-3,6H,4-5,7H2,1H3,(H,16,19). The fourth-order valence-corrected chi connectivity index (χ4v) is 2.29. The van der Waals surface area contributed by atoms with Crippen LogP contribution >= 0.6 is 35.4 Å². The number of aromatic nitrogens is 3. The summed E-state index contributed by atoms with van der Waals surface area (Å²) in [6.07, 6.45) is 0.633. The zero-order valence-corrected chi connectivity index (χ0v) is 12.6. The Bertz CT molecular complexity index is 624. The highest BCUT2D eigenvalue weighted by atomic mass is 35.5. The quantitative estimate of drug-likeness (QED) is 0.858. The van der Waals surface area contributed by atoms with Gasteiger partial charge in [-0.05, 0) is 29.9 Å². The molecule has 0 radical (unpaired) electrons. The fourth-order valence-electron chi connectivity index (χ4n) is 1.73. The maximum Gasteiger partial charge on any atom is 0.195 e. The van der Waals surface area contributed by atoms with Gasteiger partial charge in [-0.3, -0.25) is 5.10 Å². The molecule has 1 aromatic heterocycles. The van der Waals surface area contributed by atoms with Crippen molar-refractivity contribution >= 4 is 35.4 Å². The second-order valence-electron chi connectivity index (χ2n) is 4.01. The molecular weight excluding hydrogens is 305 g/mol. The number of halogens is 2. The van der Waals surface area contributed by atoms with Gasteiger partial charge in [0.2, 0.25) is 0 Å². The van der Waals surface area contributed by atoms with Crippen molar-refractivity contribution < 1.29 is 4.74 Å². The summed E-state index contributed by atoms with van der Waals surface area (Å²) in [5, 5.41) is 8.11. The van der Waals surface area contributed by atoms with Crippen LogP contribution in [0.2, 0.25) is 10.0 Å². The second-order valence-corrected chi connectivity index (χ2v) is 5.22. The highest BCUT2D eigenvalue weighted by Gasteiger charge is 2.08. The molecule has 102 valence electrons. The molecule has 0 fully saturated rings. The van der Waals surface area contributed by atoms with Gasteiger partial charge in [-0.15, -0.1) is 0 Å². The number of hydrogen-bond donors (Lipinski definition) is 1. The third kappa shape index (κ3) is 3.57. The topological polar surface area (TPSA) is 42.8 Å². The molecule has 0 saturated heterocycles. The van der Waals surface area contributed by atoms with E-state index in [1.165, 1.54) is 0 Å². The van der Waals surface area contributed by atoms with Crippen molar-refractivity contribution in [1.82, 2.24) is 14.8 Å². The average Bonchev–Trinajstić information content (AvgIpc) is 2.72. The van der Waals surface area contributed by atoms with Gasteiger partial charge < -0.3 is 9.30 Å². The summed E-state index contributed by atoms with van der Waals surface area (Å²) in [6.45, 7) is 1.25. The molecular formula is C12H13Cl2N3OS. The Morgan fingerprint density at radius 1 is 1.37 bits per heavy atom. The van der Waals surface area contributed by atoms with Crippen molar-refractivity contribution in [1.29, 1.82) is 0 Å². The summed E-state index contributed by atoms with van der Waals surface area (Å²) in [6, 6.07) is 5.54. The van der Waals surface area contributed by atoms with E-state index in [0.717, 1.165) is 11.4 Å². The Hall–Kier alpha value is -0.880. The van der Waals surface area contributed by atoms with Crippen LogP contribution in [-0.2, 0) is 17.7 Å². The van der Waals surface area contributed by atoms with Crippen LogP contribution in [-0.4, -0.2) is 28.5 Å². The monoisotopic (exact) mass is 317 g/mol. The van der Waals surface area contributed by atoms with Crippen LogP contribution in [0.3, 0.4) is 0 Å². The second kappa shape index (κ2) is 6.52. The van der Waals surface area contributed by atoms with Crippen molar-refractivity contribution in [2.24, 2.45) is 0 Å². The van der Waals surface area contributed by atoms with Crippen LogP contribution in [0.25, 0.3) is 0 Å². The van der Waals surface area contributed by atoms with Crippen molar-refractivity contribution in [2.75, 3.05) is 13.7 Å². The van der Waals surface area contributed by atoms with E-state index >= 15 is 0 Å². The van der Waals surface area contributed by atoms with Gasteiger partial charge in [0.15, 0.2) is 4.77 Å². The van der Waals surface area contributed by atoms with E-state index in [9.17, 15) is 0 Å². The van der Waals surface area contributed by atoms with Crippen molar-refractivity contribution in [3.05, 3.63) is 44.4 Å². The number of nitrogens with zero attached hydrogens (tertiary/aromatic N) is 2. The molecule has 0 aliphatic carbocycles. The van der Waals surface area contributed by atoms with Crippen LogP contribution in [0.15, 0.2) is 18.2 Å². The summed E-state index contributed by atoms with van der Waals surface area (Å²) < 4.78 is 7.57. The highest BCUT2D eigenvalue weighted by molar-refractivity contribution is 7.71. The molecule has 1 N–H and O–H groups in total. The summed E-state index contributed by atoms with van der Waals surface area (Å²) in [5.74, 6) is 0.848. The number of H-pyrrole nitrogens is 1. The third-order valence-corrected chi connectivity index (χ3v) is 3.75. The van der Waals surface area contributed by atoms with Gasteiger partial charge in [0.05, 0.1) is 16.7 Å². The van der Waals surface area contributed by atoms with Crippen LogP contribution in [0.1, 0.15) is 11.4 Å². The van der Waals surface area contributed by atoms with Gasteiger partial charge in [-0.1, -0.05) is 29.3 Å². The van der Waals surface area contributed by atoms with Crippen LogP contribution in [0, 0.1) is 4.77 Å². The molecule has 2 rings (SSSR count). The van der Waals surface area contributed by atoms with Crippen LogP contribution < -0.4 is 0 Å². The summed E-state index contributed by atoms with van der Waals surface area (Å²) >= 11 is 17.1. The lowest BCUT2D eigenvalue weighted by Crippen LogP contribution is -2.09. The van der Waals surface area contributed by atoms with E-state index in [2.05, 4.69) is 10.2 Å². The molecule has 4 nitrogen and oxygen atoms in total. The largest absolute Gasteiger partial charge is 0.383 e. The van der Waals surface area contributed by atoms with Crippen molar-refractivity contribution in [3.8, 4) is 0 Å². The number of methoxy groups -OCH3 is 1. The smallest absolute Gasteiger partial charge is 0.195 e. The number of ether oxygens (including phenoxy) is 1. The van der Waals surface area contributed by atoms with E-state index in [1.807, 2.05) is 16.7 Å². The Morgan fingerprint density at radius 3 is 2.84 bits per heavy atom. The van der Waals surface area contributed by atoms with Gasteiger partial charge in [0, 0.05) is 20.1 Å². The maximum atomic E-state index is 6.00. The lowest BCUT2D eigenvalue weighted by molar-refractivity contribution is 0.186. The molecule has 0 amide bonds. The zero-order chi connectivity index (χ0) is 13.8. The van der Waals surface area contributed by atoms with E-state index in [-0.39, 0.29) is 0 Å². The van der Waals surface area contributed by atoms with E-state index < -0.39 is 0 Å². The molecule has 2 aromatic rings. The van der Waals surface area contributed by atoms with E-state index in [0.29, 0.717) is 34.4 Å². The van der Waals surface area contributed by atoms with E-state index in [4.69, 9.17) is 40.2 Å². The van der Waals surface area contributed by atoms with Crippen LogP contribution in [0.5, 0.6) is 0 Å². The Balaban J connectivity index is 2.23. The summed E-state index contributed by atoms with van der Waals surface area (Å²) in [5.41, 5.74) is 1.03. The molecule has 0 aliphatic heterocycles. The molecule has 0 aliphatic rings. The SMILES string of the molecule is COCCn1c(Cc2ccc(Cl)c(Cl)c2)n[nH]c1=S. The zero-order valence-electron chi connectivity index (χ0n) is 10.3. The lowest BCUT2D eigenvalue weighted by atomic mass is 10.1. The molecule has 19 heavy (non-hydrogen) atoms. The van der Waals surface area contributed by atoms with E-state index in [1.54, 1.807) is 13.2 Å². The van der Waals surface area contributed by atoms with Crippen molar-refractivity contribution in [3.63, 3.8) is 0 Å². The summed E-state index contributed by atoms with van der Waals surface area (Å²) in [7, 11) is 1.66. The molecule has 1 aromatic carbocycles. The minimum Gasteiger partial charge on any atom is -0.383 e. The van der Waals surface area contributed by atoms with Gasteiger partial charge >= 0.3 is 0 Å². The highest BCUT2D eigenvalue weighted by Crippen LogP contribution is 2.23. The first kappa shape index (κ1) is 14.5. The first-order valence-electron chi connectivity index (χ1n) is 5.68. The minimum absolute atomic E-state index is 0.539. The number of rotatable bonds is 5. The fraction of sp³-hybridized carbons (Fsp3) is 0.333. The third-order valence-electron chi connectivity index (χ3n) is 2.70. The van der Waals surface area contributed by atoms with Gasteiger partial charge in [-0.2, -0.15) is 5.10 Å². The van der Waals surface area contributed by atoms with Gasteiger partial charge in [0.25, 0.3) is 0 Å². The Labute approximate surface area is 126 Å². The Kier molecular flexibility index (Phi) is 4.99. The van der Waals surface area contributed by atoms with Crippen molar-refractivity contribution in [2.45, 2.75) is 13.0 Å². The number of benzene rings is 1. The molecule has 0 atom stereocenters. The predicted molar refractivity (Wildman–Crippen MR) is 78.6 cm³/mol. The molecule has 7 heteroatoms. The minimum atomic E-state index is 0.539. The molecule has 0 spiro atoms. The average molecular weight is 318 g/mol. The molecule has 1 heterocycles. The van der Waals surface area contributed by atoms with Gasteiger partial charge in [-0.25, -0.2) is 0 Å².